The van der Waals surface area contributed by atoms with Gasteiger partial charge in [-0.2, -0.15) is 0 Å². The highest BCUT2D eigenvalue weighted by Crippen LogP contribution is 2.33. The van der Waals surface area contributed by atoms with E-state index in [9.17, 15) is 9.90 Å². The summed E-state index contributed by atoms with van der Waals surface area (Å²) in [6, 6.07) is 13.4. The van der Waals surface area contributed by atoms with E-state index >= 15 is 0 Å². The Morgan fingerprint density at radius 2 is 2.00 bits per heavy atom. The van der Waals surface area contributed by atoms with Crippen molar-refractivity contribution in [3.8, 4) is 5.75 Å². The molecule has 3 rings (SSSR count). The van der Waals surface area contributed by atoms with Gasteiger partial charge < -0.3 is 10.4 Å². The number of carbonyl (C=O) groups is 1. The second kappa shape index (κ2) is 5.60. The fourth-order valence-corrected chi connectivity index (χ4v) is 3.01. The average molecular weight is 281 g/mol. The molecule has 0 saturated heterocycles. The molecule has 0 radical (unpaired) electrons. The lowest BCUT2D eigenvalue weighted by molar-refractivity contribution is -0.117. The van der Waals surface area contributed by atoms with Crippen LogP contribution in [-0.4, -0.2) is 11.0 Å². The van der Waals surface area contributed by atoms with E-state index in [0.717, 1.165) is 24.8 Å². The van der Waals surface area contributed by atoms with Crippen molar-refractivity contribution in [3.63, 3.8) is 0 Å². The molecule has 1 amide bonds. The summed E-state index contributed by atoms with van der Waals surface area (Å²) >= 11 is 0. The van der Waals surface area contributed by atoms with Crippen molar-refractivity contribution in [2.45, 2.75) is 32.1 Å². The number of rotatable bonds is 2. The Bertz CT molecular complexity index is 679. The van der Waals surface area contributed by atoms with Gasteiger partial charge in [0.1, 0.15) is 5.75 Å². The number of amides is 1. The predicted octanol–water partition coefficient (Wildman–Crippen LogP) is 3.76. The van der Waals surface area contributed by atoms with Crippen LogP contribution >= 0.6 is 0 Å². The van der Waals surface area contributed by atoms with Gasteiger partial charge in [0.05, 0.1) is 5.92 Å². The van der Waals surface area contributed by atoms with Crippen molar-refractivity contribution in [3.05, 3.63) is 59.2 Å². The van der Waals surface area contributed by atoms with E-state index in [-0.39, 0.29) is 17.6 Å². The van der Waals surface area contributed by atoms with E-state index in [1.807, 2.05) is 24.3 Å². The summed E-state index contributed by atoms with van der Waals surface area (Å²) < 4.78 is 0. The van der Waals surface area contributed by atoms with Crippen LogP contribution in [0.2, 0.25) is 0 Å². The molecule has 1 aliphatic carbocycles. The van der Waals surface area contributed by atoms with Gasteiger partial charge >= 0.3 is 0 Å². The second-order valence-electron chi connectivity index (χ2n) is 5.58. The molecular weight excluding hydrogens is 262 g/mol. The molecule has 2 N–H and O–H groups in total. The number of aromatic hydroxyl groups is 1. The van der Waals surface area contributed by atoms with Crippen LogP contribution in [0, 0.1) is 6.92 Å². The van der Waals surface area contributed by atoms with Gasteiger partial charge in [0.15, 0.2) is 0 Å². The molecule has 2 aromatic rings. The molecule has 3 heteroatoms. The van der Waals surface area contributed by atoms with Gasteiger partial charge in [0, 0.05) is 11.3 Å². The summed E-state index contributed by atoms with van der Waals surface area (Å²) in [5.41, 5.74) is 3.80. The van der Waals surface area contributed by atoms with Gasteiger partial charge in [-0.1, -0.05) is 30.3 Å². The third-order valence-corrected chi connectivity index (χ3v) is 4.25. The van der Waals surface area contributed by atoms with Crippen molar-refractivity contribution in [2.75, 3.05) is 5.32 Å². The van der Waals surface area contributed by atoms with Crippen LogP contribution in [0.1, 0.15) is 35.4 Å². The summed E-state index contributed by atoms with van der Waals surface area (Å²) in [6.07, 6.45) is 2.96. The Labute approximate surface area is 124 Å². The first-order valence-corrected chi connectivity index (χ1v) is 7.34. The van der Waals surface area contributed by atoms with Gasteiger partial charge in [-0.05, 0) is 49.4 Å². The highest BCUT2D eigenvalue weighted by molar-refractivity contribution is 5.97. The van der Waals surface area contributed by atoms with Gasteiger partial charge in [0.2, 0.25) is 5.91 Å². The minimum atomic E-state index is -0.100. The maximum absolute atomic E-state index is 12.6. The van der Waals surface area contributed by atoms with E-state index in [2.05, 4.69) is 11.4 Å². The number of aryl methyl sites for hydroxylation is 1. The topological polar surface area (TPSA) is 49.3 Å². The van der Waals surface area contributed by atoms with Crippen molar-refractivity contribution < 1.29 is 9.90 Å². The predicted molar refractivity (Wildman–Crippen MR) is 83.6 cm³/mol. The molecule has 1 aliphatic rings. The van der Waals surface area contributed by atoms with Crippen LogP contribution in [0.25, 0.3) is 0 Å². The fourth-order valence-electron chi connectivity index (χ4n) is 3.01. The van der Waals surface area contributed by atoms with E-state index in [0.29, 0.717) is 11.3 Å². The third kappa shape index (κ3) is 2.64. The largest absolute Gasteiger partial charge is 0.508 e. The van der Waals surface area contributed by atoms with Crippen molar-refractivity contribution >= 4 is 11.6 Å². The minimum absolute atomic E-state index is 0.0100. The number of hydrogen-bond acceptors (Lipinski definition) is 2. The molecule has 21 heavy (non-hydrogen) atoms. The van der Waals surface area contributed by atoms with Crippen molar-refractivity contribution in [1.82, 2.24) is 0 Å². The van der Waals surface area contributed by atoms with Gasteiger partial charge in [-0.25, -0.2) is 0 Å². The summed E-state index contributed by atoms with van der Waals surface area (Å²) in [5, 5.41) is 12.7. The summed E-state index contributed by atoms with van der Waals surface area (Å²) in [7, 11) is 0. The summed E-state index contributed by atoms with van der Waals surface area (Å²) in [6.45, 7) is 1.81. The standard InChI is InChI=1S/C18H19NO2/c1-12-16(10-5-11-17(12)20)19-18(21)15-9-4-7-13-6-2-3-8-14(13)15/h2-3,5-6,8,10-11,15,20H,4,7,9H2,1H3,(H,19,21). The second-order valence-corrected chi connectivity index (χ2v) is 5.58. The van der Waals surface area contributed by atoms with E-state index in [1.165, 1.54) is 5.56 Å². The Kier molecular flexibility index (Phi) is 3.65. The molecule has 0 aliphatic heterocycles. The smallest absolute Gasteiger partial charge is 0.231 e. The average Bonchev–Trinajstić information content (AvgIpc) is 2.51. The number of hydrogen-bond donors (Lipinski definition) is 2. The summed E-state index contributed by atoms with van der Waals surface area (Å²) in [5.74, 6) is 0.115. The maximum Gasteiger partial charge on any atom is 0.231 e. The number of anilines is 1. The lowest BCUT2D eigenvalue weighted by Crippen LogP contribution is -2.25. The molecule has 0 bridgehead atoms. The zero-order valence-corrected chi connectivity index (χ0v) is 12.1. The first-order valence-electron chi connectivity index (χ1n) is 7.34. The van der Waals surface area contributed by atoms with Gasteiger partial charge in [0.25, 0.3) is 0 Å². The number of phenols is 1. The lowest BCUT2D eigenvalue weighted by Gasteiger charge is -2.25. The summed E-state index contributed by atoms with van der Waals surface area (Å²) in [4.78, 5) is 12.6. The molecule has 0 saturated carbocycles. The van der Waals surface area contributed by atoms with Crippen LogP contribution in [-0.2, 0) is 11.2 Å². The normalized spacial score (nSPS) is 17.1. The molecule has 0 aromatic heterocycles. The number of carbonyl (C=O) groups excluding carboxylic acids is 1. The molecule has 0 fully saturated rings. The molecule has 0 spiro atoms. The van der Waals surface area contributed by atoms with Crippen LogP contribution in [0.5, 0.6) is 5.75 Å². The number of fused-ring (bicyclic) bond motifs is 1. The number of benzene rings is 2. The first kappa shape index (κ1) is 13.7. The van der Waals surface area contributed by atoms with Crippen LogP contribution in [0.3, 0.4) is 0 Å². The molecule has 1 unspecified atom stereocenters. The van der Waals surface area contributed by atoms with Crippen molar-refractivity contribution in [2.24, 2.45) is 0 Å². The van der Waals surface area contributed by atoms with Crippen molar-refractivity contribution in [1.29, 1.82) is 0 Å². The highest BCUT2D eigenvalue weighted by atomic mass is 16.3. The Morgan fingerprint density at radius 1 is 1.19 bits per heavy atom. The Hall–Kier alpha value is -2.29. The molecule has 2 aromatic carbocycles. The van der Waals surface area contributed by atoms with Crippen LogP contribution in [0.4, 0.5) is 5.69 Å². The molecular formula is C18H19NO2. The van der Waals surface area contributed by atoms with E-state index < -0.39 is 0 Å². The molecule has 0 heterocycles. The first-order chi connectivity index (χ1) is 10.2. The Balaban J connectivity index is 1.85. The Morgan fingerprint density at radius 3 is 2.86 bits per heavy atom. The molecule has 1 atom stereocenters. The van der Waals surface area contributed by atoms with Gasteiger partial charge in [-0.3, -0.25) is 4.79 Å². The zero-order valence-electron chi connectivity index (χ0n) is 12.1. The van der Waals surface area contributed by atoms with Crippen LogP contribution < -0.4 is 5.32 Å². The highest BCUT2D eigenvalue weighted by Gasteiger charge is 2.26. The van der Waals surface area contributed by atoms with Crippen LogP contribution in [0.15, 0.2) is 42.5 Å². The molecule has 108 valence electrons. The maximum atomic E-state index is 12.6. The monoisotopic (exact) mass is 281 g/mol. The van der Waals surface area contributed by atoms with E-state index in [4.69, 9.17) is 0 Å². The fraction of sp³-hybridized carbons (Fsp3) is 0.278. The minimum Gasteiger partial charge on any atom is -0.508 e. The van der Waals surface area contributed by atoms with Gasteiger partial charge in [-0.15, -0.1) is 0 Å². The number of nitrogens with one attached hydrogen (secondary N) is 1. The van der Waals surface area contributed by atoms with E-state index in [1.54, 1.807) is 19.1 Å². The quantitative estimate of drug-likeness (QED) is 0.880. The third-order valence-electron chi connectivity index (χ3n) is 4.25. The zero-order chi connectivity index (χ0) is 14.8. The molecule has 3 nitrogen and oxygen atoms in total. The number of phenolic OH excluding ortho intramolecular Hbond substituents is 1. The SMILES string of the molecule is Cc1c(O)cccc1NC(=O)C1CCCc2ccccc21. The lowest BCUT2D eigenvalue weighted by atomic mass is 9.82.